The summed E-state index contributed by atoms with van der Waals surface area (Å²) in [5.41, 5.74) is 1.38. The fourth-order valence-corrected chi connectivity index (χ4v) is 1.83. The first-order valence-corrected chi connectivity index (χ1v) is 5.34. The zero-order valence-electron chi connectivity index (χ0n) is 9.27. The molecule has 2 aromatic rings. The number of hydrogen-bond acceptors (Lipinski definition) is 3. The van der Waals surface area contributed by atoms with Gasteiger partial charge >= 0.3 is 5.97 Å². The van der Waals surface area contributed by atoms with E-state index in [0.29, 0.717) is 22.8 Å². The van der Waals surface area contributed by atoms with Crippen LogP contribution >= 0.6 is 0 Å². The van der Waals surface area contributed by atoms with Crippen LogP contribution in [0.1, 0.15) is 15.9 Å². The summed E-state index contributed by atoms with van der Waals surface area (Å²) in [6.07, 6.45) is 0. The molecule has 0 fully saturated rings. The Labute approximate surface area is 98.6 Å². The molecular weight excluding hydrogens is 216 g/mol. The van der Waals surface area contributed by atoms with Gasteiger partial charge in [0.2, 0.25) is 0 Å². The molecule has 3 heteroatoms. The fourth-order valence-electron chi connectivity index (χ4n) is 1.83. The largest absolute Gasteiger partial charge is 0.452 e. The third-order valence-electron chi connectivity index (χ3n) is 2.70. The standard InChI is InChI=1S/C14H10O3/c1-9-5-4-8-12-13(9)16-11-7-3-2-6-10(11)14(15)17-12/h2-8H,1H3. The van der Waals surface area contributed by atoms with Crippen molar-refractivity contribution in [2.75, 3.05) is 0 Å². The Hall–Kier alpha value is -2.29. The molecule has 0 radical (unpaired) electrons. The zero-order valence-corrected chi connectivity index (χ0v) is 9.27. The lowest BCUT2D eigenvalue weighted by Crippen LogP contribution is -2.06. The van der Waals surface area contributed by atoms with Crippen LogP contribution in [-0.4, -0.2) is 5.97 Å². The lowest BCUT2D eigenvalue weighted by molar-refractivity contribution is 0.0737. The summed E-state index contributed by atoms with van der Waals surface area (Å²) in [4.78, 5) is 11.9. The summed E-state index contributed by atoms with van der Waals surface area (Å²) >= 11 is 0. The van der Waals surface area contributed by atoms with E-state index in [1.54, 1.807) is 24.3 Å². The van der Waals surface area contributed by atoms with Crippen molar-refractivity contribution in [3.05, 3.63) is 53.6 Å². The molecule has 0 saturated carbocycles. The lowest BCUT2D eigenvalue weighted by atomic mass is 10.2. The van der Waals surface area contributed by atoms with Crippen LogP contribution in [0.25, 0.3) is 0 Å². The van der Waals surface area contributed by atoms with Gasteiger partial charge in [0.15, 0.2) is 11.5 Å². The van der Waals surface area contributed by atoms with Gasteiger partial charge in [-0.3, -0.25) is 0 Å². The molecule has 0 N–H and O–H groups in total. The number of ether oxygens (including phenoxy) is 2. The number of carbonyl (C=O) groups excluding carboxylic acids is 1. The number of rotatable bonds is 0. The normalized spacial score (nSPS) is 12.9. The van der Waals surface area contributed by atoms with E-state index in [1.807, 2.05) is 25.1 Å². The maximum absolute atomic E-state index is 11.9. The molecule has 0 bridgehead atoms. The summed E-state index contributed by atoms with van der Waals surface area (Å²) in [5, 5.41) is 0. The van der Waals surface area contributed by atoms with Crippen molar-refractivity contribution in [2.45, 2.75) is 6.92 Å². The summed E-state index contributed by atoms with van der Waals surface area (Å²) in [6.45, 7) is 1.92. The summed E-state index contributed by atoms with van der Waals surface area (Å²) in [7, 11) is 0. The molecule has 0 unspecified atom stereocenters. The highest BCUT2D eigenvalue weighted by molar-refractivity contribution is 5.95. The van der Waals surface area contributed by atoms with Crippen LogP contribution < -0.4 is 9.47 Å². The van der Waals surface area contributed by atoms with Crippen LogP contribution in [0.2, 0.25) is 0 Å². The Balaban J connectivity index is 2.21. The van der Waals surface area contributed by atoms with Gasteiger partial charge in [-0.1, -0.05) is 24.3 Å². The average molecular weight is 226 g/mol. The second kappa shape index (κ2) is 3.63. The molecule has 1 aliphatic heterocycles. The Kier molecular flexibility index (Phi) is 2.11. The molecule has 0 spiro atoms. The molecule has 1 heterocycles. The van der Waals surface area contributed by atoms with Crippen LogP contribution in [0, 0.1) is 6.92 Å². The maximum Gasteiger partial charge on any atom is 0.347 e. The third-order valence-corrected chi connectivity index (χ3v) is 2.70. The lowest BCUT2D eigenvalue weighted by Gasteiger charge is -2.08. The Morgan fingerprint density at radius 2 is 1.65 bits per heavy atom. The molecule has 1 aliphatic rings. The predicted octanol–water partition coefficient (Wildman–Crippen LogP) is 3.32. The fraction of sp³-hybridized carbons (Fsp3) is 0.0714. The van der Waals surface area contributed by atoms with Crippen LogP contribution in [0.5, 0.6) is 17.2 Å². The van der Waals surface area contributed by atoms with E-state index in [-0.39, 0.29) is 5.97 Å². The van der Waals surface area contributed by atoms with Crippen molar-refractivity contribution >= 4 is 5.97 Å². The van der Waals surface area contributed by atoms with Gasteiger partial charge in [-0.25, -0.2) is 4.79 Å². The smallest absolute Gasteiger partial charge is 0.347 e. The number of hydrogen-bond donors (Lipinski definition) is 0. The van der Waals surface area contributed by atoms with Gasteiger partial charge < -0.3 is 9.47 Å². The zero-order chi connectivity index (χ0) is 11.8. The molecule has 0 aromatic heterocycles. The molecule has 0 aliphatic carbocycles. The quantitative estimate of drug-likeness (QED) is 0.510. The first kappa shape index (κ1) is 9.90. The molecule has 0 saturated heterocycles. The number of benzene rings is 2. The summed E-state index contributed by atoms with van der Waals surface area (Å²) in [6, 6.07) is 12.5. The number of aryl methyl sites for hydroxylation is 1. The van der Waals surface area contributed by atoms with Crippen molar-refractivity contribution in [1.82, 2.24) is 0 Å². The number of fused-ring (bicyclic) bond motifs is 2. The SMILES string of the molecule is Cc1cccc2c1Oc1ccccc1C(=O)O2. The minimum atomic E-state index is -0.384. The van der Waals surface area contributed by atoms with E-state index >= 15 is 0 Å². The molecule has 84 valence electrons. The second-order valence-corrected chi connectivity index (χ2v) is 3.89. The number of para-hydroxylation sites is 2. The maximum atomic E-state index is 11.9. The Bertz CT molecular complexity index is 602. The molecule has 0 atom stereocenters. The van der Waals surface area contributed by atoms with Gasteiger partial charge in [0, 0.05) is 0 Å². The van der Waals surface area contributed by atoms with Crippen molar-refractivity contribution in [2.24, 2.45) is 0 Å². The minimum Gasteiger partial charge on any atom is -0.452 e. The first-order chi connectivity index (χ1) is 8.25. The Morgan fingerprint density at radius 3 is 2.53 bits per heavy atom. The van der Waals surface area contributed by atoms with Crippen molar-refractivity contribution in [3.8, 4) is 17.2 Å². The average Bonchev–Trinajstić information content (AvgIpc) is 2.47. The van der Waals surface area contributed by atoms with E-state index in [9.17, 15) is 4.79 Å². The van der Waals surface area contributed by atoms with Crippen molar-refractivity contribution < 1.29 is 14.3 Å². The van der Waals surface area contributed by atoms with Gasteiger partial charge in [0.05, 0.1) is 0 Å². The van der Waals surface area contributed by atoms with E-state index < -0.39 is 0 Å². The summed E-state index contributed by atoms with van der Waals surface area (Å²) in [5.74, 6) is 1.22. The van der Waals surface area contributed by atoms with E-state index in [1.165, 1.54) is 0 Å². The van der Waals surface area contributed by atoms with Crippen LogP contribution in [0.3, 0.4) is 0 Å². The van der Waals surface area contributed by atoms with E-state index in [0.717, 1.165) is 5.56 Å². The minimum absolute atomic E-state index is 0.384. The molecular formula is C14H10O3. The molecule has 2 aromatic carbocycles. The predicted molar refractivity (Wildman–Crippen MR) is 62.7 cm³/mol. The highest BCUT2D eigenvalue weighted by atomic mass is 16.6. The van der Waals surface area contributed by atoms with Crippen molar-refractivity contribution in [1.29, 1.82) is 0 Å². The second-order valence-electron chi connectivity index (χ2n) is 3.89. The first-order valence-electron chi connectivity index (χ1n) is 5.34. The molecule has 3 nitrogen and oxygen atoms in total. The van der Waals surface area contributed by atoms with Gasteiger partial charge in [0.25, 0.3) is 0 Å². The van der Waals surface area contributed by atoms with E-state index in [2.05, 4.69) is 0 Å². The van der Waals surface area contributed by atoms with Crippen LogP contribution in [0.15, 0.2) is 42.5 Å². The number of carbonyl (C=O) groups is 1. The van der Waals surface area contributed by atoms with E-state index in [4.69, 9.17) is 9.47 Å². The van der Waals surface area contributed by atoms with Crippen LogP contribution in [-0.2, 0) is 0 Å². The Morgan fingerprint density at radius 1 is 0.882 bits per heavy atom. The topological polar surface area (TPSA) is 35.5 Å². The highest BCUT2D eigenvalue weighted by Gasteiger charge is 2.23. The van der Waals surface area contributed by atoms with Crippen molar-refractivity contribution in [3.63, 3.8) is 0 Å². The molecule has 17 heavy (non-hydrogen) atoms. The monoisotopic (exact) mass is 226 g/mol. The van der Waals surface area contributed by atoms with Gasteiger partial charge in [-0.05, 0) is 30.7 Å². The number of esters is 1. The van der Waals surface area contributed by atoms with Gasteiger partial charge in [-0.15, -0.1) is 0 Å². The van der Waals surface area contributed by atoms with Crippen LogP contribution in [0.4, 0.5) is 0 Å². The highest BCUT2D eigenvalue weighted by Crippen LogP contribution is 2.39. The van der Waals surface area contributed by atoms with Gasteiger partial charge in [0.1, 0.15) is 11.3 Å². The third kappa shape index (κ3) is 1.56. The molecule has 3 rings (SSSR count). The van der Waals surface area contributed by atoms with Gasteiger partial charge in [-0.2, -0.15) is 0 Å². The molecule has 0 amide bonds. The summed E-state index contributed by atoms with van der Waals surface area (Å²) < 4.78 is 11.1.